The fourth-order valence-corrected chi connectivity index (χ4v) is 4.91. The molecule has 0 saturated carbocycles. The molecule has 0 N–H and O–H groups in total. The number of sulfonamides is 1. The number of methoxy groups -OCH3 is 2. The van der Waals surface area contributed by atoms with Gasteiger partial charge in [-0.3, -0.25) is 0 Å². The van der Waals surface area contributed by atoms with Crippen molar-refractivity contribution in [2.75, 3.05) is 14.2 Å². The molecule has 0 heterocycles. The average molecular weight is 418 g/mol. The van der Waals surface area contributed by atoms with Crippen LogP contribution in [0.25, 0.3) is 0 Å². The minimum absolute atomic E-state index is 0.0215. The summed E-state index contributed by atoms with van der Waals surface area (Å²) in [5, 5.41) is -0.517. The Morgan fingerprint density at radius 1 is 0.897 bits per heavy atom. The lowest BCUT2D eigenvalue weighted by Gasteiger charge is -2.29. The van der Waals surface area contributed by atoms with E-state index in [-0.39, 0.29) is 5.92 Å². The number of rotatable bonds is 11. The van der Waals surface area contributed by atoms with E-state index in [4.69, 9.17) is 9.47 Å². The highest BCUT2D eigenvalue weighted by Gasteiger charge is 2.32. The van der Waals surface area contributed by atoms with E-state index in [0.717, 1.165) is 22.6 Å². The van der Waals surface area contributed by atoms with Gasteiger partial charge in [0.2, 0.25) is 10.0 Å². The number of nitrogens with zero attached hydrogens (tertiary/aromatic N) is 1. The summed E-state index contributed by atoms with van der Waals surface area (Å²) in [6, 6.07) is 15.0. The van der Waals surface area contributed by atoms with E-state index >= 15 is 0 Å². The first kappa shape index (κ1) is 23.0. The molecular weight excluding hydrogens is 386 g/mol. The van der Waals surface area contributed by atoms with E-state index in [1.165, 1.54) is 0 Å². The molecular formula is C23H31NO4S. The molecule has 29 heavy (non-hydrogen) atoms. The van der Waals surface area contributed by atoms with E-state index < -0.39 is 15.3 Å². The first-order valence-corrected chi connectivity index (χ1v) is 11.2. The zero-order chi connectivity index (χ0) is 21.4. The fraction of sp³-hybridized carbons (Fsp3) is 0.391. The summed E-state index contributed by atoms with van der Waals surface area (Å²) in [4.78, 5) is 0. The molecule has 0 bridgehead atoms. The molecule has 0 aromatic heterocycles. The minimum Gasteiger partial charge on any atom is -0.497 e. The highest BCUT2D eigenvalue weighted by Crippen LogP contribution is 2.25. The van der Waals surface area contributed by atoms with Gasteiger partial charge in [0, 0.05) is 13.1 Å². The second kappa shape index (κ2) is 10.5. The lowest BCUT2D eigenvalue weighted by molar-refractivity contribution is 0.381. The molecule has 0 fully saturated rings. The second-order valence-corrected chi connectivity index (χ2v) is 9.51. The van der Waals surface area contributed by atoms with Gasteiger partial charge in [0.25, 0.3) is 0 Å². The smallest absolute Gasteiger partial charge is 0.217 e. The minimum atomic E-state index is -3.53. The monoisotopic (exact) mass is 417 g/mol. The normalized spacial score (nSPS) is 13.7. The molecule has 2 rings (SSSR count). The third kappa shape index (κ3) is 6.08. The Labute approximate surface area is 175 Å². The highest BCUT2D eigenvalue weighted by atomic mass is 32.2. The maximum absolute atomic E-state index is 13.4. The van der Waals surface area contributed by atoms with Crippen molar-refractivity contribution in [1.29, 1.82) is 0 Å². The molecule has 2 atom stereocenters. The van der Waals surface area contributed by atoms with Gasteiger partial charge in [0.15, 0.2) is 0 Å². The highest BCUT2D eigenvalue weighted by molar-refractivity contribution is 7.89. The van der Waals surface area contributed by atoms with Gasteiger partial charge in [-0.2, -0.15) is 4.31 Å². The molecule has 158 valence electrons. The van der Waals surface area contributed by atoms with Crippen LogP contribution in [0.1, 0.15) is 31.4 Å². The number of benzene rings is 2. The van der Waals surface area contributed by atoms with Crippen molar-refractivity contribution in [2.45, 2.75) is 38.6 Å². The zero-order valence-electron chi connectivity index (χ0n) is 17.7. The molecule has 5 nitrogen and oxygen atoms in total. The molecule has 0 aliphatic rings. The molecule has 1 unspecified atom stereocenters. The second-order valence-electron chi connectivity index (χ2n) is 7.22. The van der Waals surface area contributed by atoms with E-state index in [2.05, 4.69) is 6.58 Å². The Morgan fingerprint density at radius 2 is 1.31 bits per heavy atom. The van der Waals surface area contributed by atoms with Crippen LogP contribution < -0.4 is 9.47 Å². The average Bonchev–Trinajstić information content (AvgIpc) is 2.73. The Hall–Kier alpha value is -2.31. The summed E-state index contributed by atoms with van der Waals surface area (Å²) >= 11 is 0. The van der Waals surface area contributed by atoms with Crippen LogP contribution in [-0.2, 0) is 23.1 Å². The van der Waals surface area contributed by atoms with Gasteiger partial charge in [-0.1, -0.05) is 37.3 Å². The molecule has 2 aromatic carbocycles. The predicted octanol–water partition coefficient (Wildman–Crippen LogP) is 4.64. The number of allylic oxidation sites excluding steroid dienone is 1. The van der Waals surface area contributed by atoms with Crippen LogP contribution >= 0.6 is 0 Å². The van der Waals surface area contributed by atoms with Gasteiger partial charge in [0.1, 0.15) is 11.5 Å². The van der Waals surface area contributed by atoms with E-state index in [9.17, 15) is 8.42 Å². The Morgan fingerprint density at radius 3 is 1.66 bits per heavy atom. The van der Waals surface area contributed by atoms with Gasteiger partial charge in [-0.15, -0.1) is 6.58 Å². The maximum Gasteiger partial charge on any atom is 0.217 e. The van der Waals surface area contributed by atoms with Gasteiger partial charge in [-0.05, 0) is 54.7 Å². The molecule has 0 aliphatic carbocycles. The largest absolute Gasteiger partial charge is 0.497 e. The summed E-state index contributed by atoms with van der Waals surface area (Å²) in [7, 11) is -0.309. The van der Waals surface area contributed by atoms with Gasteiger partial charge in [-0.25, -0.2) is 8.42 Å². The first-order chi connectivity index (χ1) is 13.8. The van der Waals surface area contributed by atoms with Crippen molar-refractivity contribution < 1.29 is 17.9 Å². The molecule has 0 saturated heterocycles. The molecule has 0 amide bonds. The Kier molecular flexibility index (Phi) is 8.29. The van der Waals surface area contributed by atoms with Gasteiger partial charge in [0.05, 0.1) is 19.5 Å². The molecule has 2 aromatic rings. The van der Waals surface area contributed by atoms with E-state index in [1.54, 1.807) is 31.5 Å². The molecule has 0 spiro atoms. The third-order valence-corrected chi connectivity index (χ3v) is 7.59. The van der Waals surface area contributed by atoms with Gasteiger partial charge >= 0.3 is 0 Å². The predicted molar refractivity (Wildman–Crippen MR) is 118 cm³/mol. The van der Waals surface area contributed by atoms with Gasteiger partial charge < -0.3 is 9.47 Å². The van der Waals surface area contributed by atoms with Crippen LogP contribution in [0.15, 0.2) is 61.2 Å². The molecule has 0 aliphatic heterocycles. The summed E-state index contributed by atoms with van der Waals surface area (Å²) in [5.74, 6) is 1.46. The summed E-state index contributed by atoms with van der Waals surface area (Å²) in [6.45, 7) is 8.06. The quantitative estimate of drug-likeness (QED) is 0.500. The van der Waals surface area contributed by atoms with Crippen molar-refractivity contribution in [3.05, 3.63) is 72.3 Å². The summed E-state index contributed by atoms with van der Waals surface area (Å²) in [6.07, 6.45) is 2.42. The van der Waals surface area contributed by atoms with Crippen LogP contribution in [0.5, 0.6) is 11.5 Å². The van der Waals surface area contributed by atoms with Crippen LogP contribution in [0.2, 0.25) is 0 Å². The van der Waals surface area contributed by atoms with E-state index in [1.807, 2.05) is 55.5 Å². The van der Waals surface area contributed by atoms with Crippen LogP contribution in [-0.4, -0.2) is 32.2 Å². The molecule has 6 heteroatoms. The maximum atomic E-state index is 13.4. The lowest BCUT2D eigenvalue weighted by atomic mass is 10.1. The Balaban J connectivity index is 2.32. The van der Waals surface area contributed by atoms with Crippen molar-refractivity contribution >= 4 is 10.0 Å². The van der Waals surface area contributed by atoms with Crippen molar-refractivity contribution in [3.63, 3.8) is 0 Å². The standard InChI is InChI=1S/C23H31NO4S/c1-6-7-18(2)19(3)29(25,26)24(16-20-8-12-22(27-4)13-9-20)17-21-10-14-23(28-5)15-11-21/h6,8-15,18-19H,1,7,16-17H2,2-5H3/t18?,19-/m0/s1. The van der Waals surface area contributed by atoms with Crippen molar-refractivity contribution in [3.8, 4) is 11.5 Å². The lowest BCUT2D eigenvalue weighted by Crippen LogP contribution is -2.39. The van der Waals surface area contributed by atoms with Crippen molar-refractivity contribution in [2.24, 2.45) is 5.92 Å². The van der Waals surface area contributed by atoms with Crippen LogP contribution in [0.3, 0.4) is 0 Å². The SMILES string of the molecule is C=CCC(C)[C@H](C)S(=O)(=O)N(Cc1ccc(OC)cc1)Cc1ccc(OC)cc1. The fourth-order valence-electron chi connectivity index (χ4n) is 3.09. The van der Waals surface area contributed by atoms with Crippen LogP contribution in [0.4, 0.5) is 0 Å². The Bertz CT molecular complexity index is 827. The van der Waals surface area contributed by atoms with Crippen molar-refractivity contribution in [1.82, 2.24) is 4.31 Å². The number of hydrogen-bond acceptors (Lipinski definition) is 4. The topological polar surface area (TPSA) is 55.8 Å². The zero-order valence-corrected chi connectivity index (χ0v) is 18.5. The summed E-state index contributed by atoms with van der Waals surface area (Å²) in [5.41, 5.74) is 1.82. The number of ether oxygens (including phenoxy) is 2. The molecule has 0 radical (unpaired) electrons. The van der Waals surface area contributed by atoms with Crippen LogP contribution in [0, 0.1) is 5.92 Å². The first-order valence-electron chi connectivity index (χ1n) is 9.67. The van der Waals surface area contributed by atoms with E-state index in [0.29, 0.717) is 19.5 Å². The summed E-state index contributed by atoms with van der Waals surface area (Å²) < 4.78 is 38.8. The third-order valence-electron chi connectivity index (χ3n) is 5.21. The number of hydrogen-bond donors (Lipinski definition) is 0.